The molecule has 1 aromatic heterocycles. The molecule has 9 rings (SSSR count). The molecular formula is C42H26O. The molecule has 9 aromatic rings. The summed E-state index contributed by atoms with van der Waals surface area (Å²) in [5, 5.41) is 0.995. The van der Waals surface area contributed by atoms with E-state index in [0.717, 1.165) is 0 Å². The highest BCUT2D eigenvalue weighted by Gasteiger charge is 2.18. The third-order valence-corrected chi connectivity index (χ3v) is 7.71. The lowest BCUT2D eigenvalue weighted by molar-refractivity contribution is 0.669. The highest BCUT2D eigenvalue weighted by Crippen LogP contribution is 2.45. The molecule has 1 heterocycles. The third-order valence-electron chi connectivity index (χ3n) is 7.71. The molecule has 200 valence electrons. The van der Waals surface area contributed by atoms with Crippen molar-refractivity contribution in [3.05, 3.63) is 157 Å². The van der Waals surface area contributed by atoms with Gasteiger partial charge in [-0.3, -0.25) is 0 Å². The largest absolute Gasteiger partial charge is 0.456 e. The maximum absolute atomic E-state index is 9.17. The summed E-state index contributed by atoms with van der Waals surface area (Å²) in [6.45, 7) is 0. The second-order valence-corrected chi connectivity index (χ2v) is 9.99. The number of hydrogen-bond donors (Lipinski definition) is 0. The Morgan fingerprint density at radius 2 is 0.953 bits per heavy atom. The average molecular weight is 564 g/mol. The zero-order valence-electron chi connectivity index (χ0n) is 39.1. The SMILES string of the molecule is [2H]c1cc2c(-c3ccc(-c4cc5c(oc6c([2H])c([2H])c([2H])c([2H])c65)c([2H])c4[2H])cc3)c3cc([2H])c([2H])cc3c(-c3c([2H])c([2H])c([2H])c4c([2H])c([2H])c([2H])c([2H])c34)c2cc1[2H]. The van der Waals surface area contributed by atoms with E-state index in [1.165, 1.54) is 24.3 Å². The molecule has 43 heavy (non-hydrogen) atoms. The molecule has 0 atom stereocenters. The molecule has 0 aliphatic carbocycles. The molecule has 8 aromatic carbocycles. The van der Waals surface area contributed by atoms with E-state index in [1.54, 1.807) is 30.3 Å². The molecule has 1 nitrogen and oxygen atoms in total. The van der Waals surface area contributed by atoms with Crippen molar-refractivity contribution in [1.82, 2.24) is 0 Å². The number of furan rings is 1. The maximum Gasteiger partial charge on any atom is 0.135 e. The Balaban J connectivity index is 1.36. The Hall–Kier alpha value is -5.66. The number of fused-ring (bicyclic) bond motifs is 6. The smallest absolute Gasteiger partial charge is 0.135 e. The summed E-state index contributed by atoms with van der Waals surface area (Å²) in [4.78, 5) is 0. The minimum absolute atomic E-state index is 0.0607. The molecule has 1 heteroatoms. The standard InChI is InChI=1S/C42H26O/c1-2-12-31-28(10-1)11-9-18-33(31)42-36-16-5-3-14-34(36)41(35-15-4-6-17-37(35)42)29-22-20-27(21-23-29)30-24-25-40-38(26-30)32-13-7-8-19-39(32)43-40/h1-26H/i1D,2D,3D,4D,5D,6D,7D,8D,9D,10D,11D,12D,13D,18D,19D,24D,25D. The first-order valence-corrected chi connectivity index (χ1v) is 13.4. The van der Waals surface area contributed by atoms with Gasteiger partial charge in [0, 0.05) is 10.8 Å². The minimum Gasteiger partial charge on any atom is -0.456 e. The van der Waals surface area contributed by atoms with Gasteiger partial charge in [-0.25, -0.2) is 0 Å². The van der Waals surface area contributed by atoms with E-state index in [-0.39, 0.29) is 102 Å². The van der Waals surface area contributed by atoms with E-state index in [0.29, 0.717) is 27.5 Å². The molecule has 0 aliphatic heterocycles. The lowest BCUT2D eigenvalue weighted by Gasteiger charge is -2.19. The van der Waals surface area contributed by atoms with Crippen molar-refractivity contribution in [2.24, 2.45) is 0 Å². The Morgan fingerprint density at radius 1 is 0.372 bits per heavy atom. The first-order valence-electron chi connectivity index (χ1n) is 21.9. The van der Waals surface area contributed by atoms with Crippen molar-refractivity contribution < 1.29 is 27.7 Å². The van der Waals surface area contributed by atoms with Crippen LogP contribution in [0.3, 0.4) is 0 Å². The molecule has 0 fully saturated rings. The van der Waals surface area contributed by atoms with E-state index in [4.69, 9.17) is 26.3 Å². The van der Waals surface area contributed by atoms with Crippen LogP contribution in [0.2, 0.25) is 0 Å². The van der Waals surface area contributed by atoms with Gasteiger partial charge in [0.05, 0.1) is 23.3 Å². The predicted octanol–water partition coefficient (Wildman–Crippen LogP) is 12.0. The van der Waals surface area contributed by atoms with Gasteiger partial charge >= 0.3 is 0 Å². The van der Waals surface area contributed by atoms with Crippen LogP contribution in [0.1, 0.15) is 23.3 Å². The van der Waals surface area contributed by atoms with Crippen molar-refractivity contribution in [2.45, 2.75) is 0 Å². The fourth-order valence-corrected chi connectivity index (χ4v) is 5.81. The lowest BCUT2D eigenvalue weighted by atomic mass is 9.84. The second-order valence-electron chi connectivity index (χ2n) is 9.99. The molecule has 0 spiro atoms. The first kappa shape index (κ1) is 12.7. The van der Waals surface area contributed by atoms with Gasteiger partial charge in [0.25, 0.3) is 0 Å². The Kier molecular flexibility index (Phi) is 2.79. The van der Waals surface area contributed by atoms with Crippen molar-refractivity contribution >= 4 is 54.3 Å². The third kappa shape index (κ3) is 3.72. The maximum atomic E-state index is 9.17. The fourth-order valence-electron chi connectivity index (χ4n) is 5.81. The number of benzene rings is 8. The van der Waals surface area contributed by atoms with Crippen molar-refractivity contribution in [1.29, 1.82) is 0 Å². The van der Waals surface area contributed by atoms with E-state index >= 15 is 0 Å². The van der Waals surface area contributed by atoms with Crippen LogP contribution < -0.4 is 0 Å². The predicted molar refractivity (Wildman–Crippen MR) is 183 cm³/mol. The van der Waals surface area contributed by atoms with Crippen molar-refractivity contribution in [3.8, 4) is 33.4 Å². The molecule has 0 saturated heterocycles. The van der Waals surface area contributed by atoms with Crippen LogP contribution in [-0.2, 0) is 0 Å². The average Bonchev–Trinajstić information content (AvgIpc) is 3.62. The van der Waals surface area contributed by atoms with Crippen molar-refractivity contribution in [3.63, 3.8) is 0 Å². The van der Waals surface area contributed by atoms with Gasteiger partial charge in [-0.05, 0) is 83.8 Å². The first-order chi connectivity index (χ1) is 28.3. The highest BCUT2D eigenvalue weighted by molar-refractivity contribution is 6.23. The molecule has 0 saturated carbocycles. The molecule has 0 radical (unpaired) electrons. The molecule has 0 amide bonds. The fraction of sp³-hybridized carbons (Fsp3) is 0. The summed E-state index contributed by atoms with van der Waals surface area (Å²) >= 11 is 0. The Bertz CT molecular complexity index is 3370. The van der Waals surface area contributed by atoms with Crippen LogP contribution >= 0.6 is 0 Å². The van der Waals surface area contributed by atoms with Gasteiger partial charge in [0.15, 0.2) is 0 Å². The second kappa shape index (κ2) is 9.44. The van der Waals surface area contributed by atoms with E-state index < -0.39 is 60.4 Å². The van der Waals surface area contributed by atoms with Crippen LogP contribution in [0, 0.1) is 0 Å². The Morgan fingerprint density at radius 3 is 1.70 bits per heavy atom. The lowest BCUT2D eigenvalue weighted by Crippen LogP contribution is -1.91. The zero-order chi connectivity index (χ0) is 43.1. The number of rotatable bonds is 3. The topological polar surface area (TPSA) is 13.1 Å². The van der Waals surface area contributed by atoms with Gasteiger partial charge in [-0.1, -0.05) is 139 Å². The molecular weight excluding hydrogens is 520 g/mol. The zero-order valence-corrected chi connectivity index (χ0v) is 22.1. The monoisotopic (exact) mass is 563 g/mol. The summed E-state index contributed by atoms with van der Waals surface area (Å²) in [7, 11) is 0. The van der Waals surface area contributed by atoms with Gasteiger partial charge in [-0.15, -0.1) is 0 Å². The van der Waals surface area contributed by atoms with Crippen LogP contribution in [0.25, 0.3) is 87.6 Å². The van der Waals surface area contributed by atoms with Crippen LogP contribution in [0.4, 0.5) is 0 Å². The van der Waals surface area contributed by atoms with Gasteiger partial charge in [-0.2, -0.15) is 0 Å². The van der Waals surface area contributed by atoms with E-state index in [2.05, 4.69) is 0 Å². The molecule has 0 unspecified atom stereocenters. The summed E-state index contributed by atoms with van der Waals surface area (Å²) in [5.74, 6) is 0. The van der Waals surface area contributed by atoms with Crippen LogP contribution in [0.15, 0.2) is 162 Å². The quantitative estimate of drug-likeness (QED) is 0.195. The van der Waals surface area contributed by atoms with Crippen molar-refractivity contribution in [2.75, 3.05) is 0 Å². The summed E-state index contributed by atoms with van der Waals surface area (Å²) < 4.78 is 152. The summed E-state index contributed by atoms with van der Waals surface area (Å²) in [5.41, 5.74) is 1.47. The van der Waals surface area contributed by atoms with E-state index in [9.17, 15) is 1.37 Å². The van der Waals surface area contributed by atoms with E-state index in [1.807, 2.05) is 0 Å². The number of hydrogen-bond acceptors (Lipinski definition) is 1. The highest BCUT2D eigenvalue weighted by atomic mass is 16.3. The van der Waals surface area contributed by atoms with Crippen LogP contribution in [0.5, 0.6) is 0 Å². The summed E-state index contributed by atoms with van der Waals surface area (Å²) in [6.07, 6.45) is 0. The Labute approximate surface area is 273 Å². The minimum atomic E-state index is -0.627. The van der Waals surface area contributed by atoms with Gasteiger partial charge in [0.1, 0.15) is 11.2 Å². The molecule has 0 aliphatic rings. The van der Waals surface area contributed by atoms with Crippen LogP contribution in [-0.4, -0.2) is 0 Å². The summed E-state index contributed by atoms with van der Waals surface area (Å²) in [6, 6.07) is 6.71. The normalized spacial score (nSPS) is 17.3. The van der Waals surface area contributed by atoms with Gasteiger partial charge in [0.2, 0.25) is 0 Å². The molecule has 0 N–H and O–H groups in total. The van der Waals surface area contributed by atoms with Gasteiger partial charge < -0.3 is 4.42 Å². The number of para-hydroxylation sites is 1. The molecule has 0 bridgehead atoms.